The van der Waals surface area contributed by atoms with Crippen LogP contribution in [0.5, 0.6) is 5.75 Å². The highest BCUT2D eigenvalue weighted by Crippen LogP contribution is 2.24. The normalized spacial score (nSPS) is 11.8. The number of hydrogen-bond donors (Lipinski definition) is 1. The van der Waals surface area contributed by atoms with Crippen LogP contribution in [0.2, 0.25) is 0 Å². The first-order valence-electron chi connectivity index (χ1n) is 7.01. The lowest BCUT2D eigenvalue weighted by molar-refractivity contribution is -0.274. The van der Waals surface area contributed by atoms with Crippen LogP contribution in [0.4, 0.5) is 18.9 Å². The molecule has 1 aromatic carbocycles. The van der Waals surface area contributed by atoms with E-state index in [0.29, 0.717) is 5.69 Å². The molecule has 0 aliphatic carbocycles. The van der Waals surface area contributed by atoms with Gasteiger partial charge in [0.25, 0.3) is 0 Å². The zero-order chi connectivity index (χ0) is 17.9. The van der Waals surface area contributed by atoms with Gasteiger partial charge in [0.2, 0.25) is 5.91 Å². The number of amides is 1. The SMILES string of the molecule is Cc1nn(C)c(C)c1/C=C/C(=O)Nc1ccc(OC(F)(F)F)cc1. The van der Waals surface area contributed by atoms with Crippen LogP contribution in [0.15, 0.2) is 30.3 Å². The predicted molar refractivity (Wildman–Crippen MR) is 83.5 cm³/mol. The third kappa shape index (κ3) is 4.61. The summed E-state index contributed by atoms with van der Waals surface area (Å²) in [7, 11) is 1.81. The van der Waals surface area contributed by atoms with Crippen molar-refractivity contribution in [2.45, 2.75) is 20.2 Å². The van der Waals surface area contributed by atoms with Gasteiger partial charge in [-0.1, -0.05) is 0 Å². The smallest absolute Gasteiger partial charge is 0.406 e. The number of hydrogen-bond acceptors (Lipinski definition) is 3. The van der Waals surface area contributed by atoms with Crippen molar-refractivity contribution in [3.05, 3.63) is 47.3 Å². The maximum Gasteiger partial charge on any atom is 0.573 e. The predicted octanol–water partition coefficient (Wildman–Crippen LogP) is 3.59. The first kappa shape index (κ1) is 17.6. The monoisotopic (exact) mass is 339 g/mol. The van der Waals surface area contributed by atoms with E-state index in [1.807, 2.05) is 20.9 Å². The van der Waals surface area contributed by atoms with Gasteiger partial charge in [0.1, 0.15) is 5.75 Å². The summed E-state index contributed by atoms with van der Waals surface area (Å²) in [5.41, 5.74) is 2.93. The van der Waals surface area contributed by atoms with Gasteiger partial charge in [0, 0.05) is 30.1 Å². The molecule has 0 radical (unpaired) electrons. The molecule has 1 aromatic heterocycles. The Morgan fingerprint density at radius 3 is 2.38 bits per heavy atom. The van der Waals surface area contributed by atoms with E-state index in [2.05, 4.69) is 15.2 Å². The Morgan fingerprint density at radius 1 is 1.25 bits per heavy atom. The van der Waals surface area contributed by atoms with Crippen LogP contribution in [-0.2, 0) is 11.8 Å². The first-order valence-corrected chi connectivity index (χ1v) is 7.01. The van der Waals surface area contributed by atoms with E-state index in [0.717, 1.165) is 29.1 Å². The van der Waals surface area contributed by atoms with Crippen LogP contribution in [0.25, 0.3) is 6.08 Å². The molecule has 2 rings (SSSR count). The summed E-state index contributed by atoms with van der Waals surface area (Å²) in [6.07, 6.45) is -1.75. The number of aromatic nitrogens is 2. The molecule has 0 unspecified atom stereocenters. The largest absolute Gasteiger partial charge is 0.573 e. The summed E-state index contributed by atoms with van der Waals surface area (Å²) < 4.78 is 41.7. The molecule has 0 aliphatic rings. The van der Waals surface area contributed by atoms with Crippen molar-refractivity contribution < 1.29 is 22.7 Å². The Hall–Kier alpha value is -2.77. The number of aryl methyl sites for hydroxylation is 2. The molecule has 1 heterocycles. The molecule has 0 bridgehead atoms. The zero-order valence-corrected chi connectivity index (χ0v) is 13.3. The molecule has 1 N–H and O–H groups in total. The Bertz CT molecular complexity index is 762. The van der Waals surface area contributed by atoms with Crippen molar-refractivity contribution >= 4 is 17.7 Å². The molecule has 8 heteroatoms. The number of benzene rings is 1. The van der Waals surface area contributed by atoms with Gasteiger partial charge in [-0.3, -0.25) is 9.48 Å². The van der Waals surface area contributed by atoms with E-state index in [4.69, 9.17) is 0 Å². The molecule has 0 spiro atoms. The second-order valence-corrected chi connectivity index (χ2v) is 5.10. The van der Waals surface area contributed by atoms with Crippen molar-refractivity contribution in [3.63, 3.8) is 0 Å². The quantitative estimate of drug-likeness (QED) is 0.866. The Morgan fingerprint density at radius 2 is 1.88 bits per heavy atom. The third-order valence-electron chi connectivity index (χ3n) is 3.32. The van der Waals surface area contributed by atoms with E-state index in [-0.39, 0.29) is 5.75 Å². The van der Waals surface area contributed by atoms with Crippen LogP contribution in [0.1, 0.15) is 17.0 Å². The maximum absolute atomic E-state index is 12.1. The highest BCUT2D eigenvalue weighted by molar-refractivity contribution is 6.02. The van der Waals surface area contributed by atoms with Crippen LogP contribution < -0.4 is 10.1 Å². The van der Waals surface area contributed by atoms with Crippen molar-refractivity contribution in [3.8, 4) is 5.75 Å². The molecule has 128 valence electrons. The molecule has 0 saturated heterocycles. The van der Waals surface area contributed by atoms with Crippen LogP contribution >= 0.6 is 0 Å². The third-order valence-corrected chi connectivity index (χ3v) is 3.32. The lowest BCUT2D eigenvalue weighted by Gasteiger charge is -2.09. The molecule has 2 aromatic rings. The van der Waals surface area contributed by atoms with Crippen molar-refractivity contribution in [2.75, 3.05) is 5.32 Å². The van der Waals surface area contributed by atoms with Gasteiger partial charge in [0.05, 0.1) is 5.69 Å². The molecule has 1 amide bonds. The van der Waals surface area contributed by atoms with E-state index in [1.54, 1.807) is 10.8 Å². The fourth-order valence-electron chi connectivity index (χ4n) is 2.11. The minimum Gasteiger partial charge on any atom is -0.406 e. The number of carbonyl (C=O) groups is 1. The summed E-state index contributed by atoms with van der Waals surface area (Å²) in [5.74, 6) is -0.750. The Labute approximate surface area is 136 Å². The van der Waals surface area contributed by atoms with Crippen LogP contribution in [0.3, 0.4) is 0 Å². The lowest BCUT2D eigenvalue weighted by Crippen LogP contribution is -2.17. The molecule has 24 heavy (non-hydrogen) atoms. The summed E-state index contributed by atoms with van der Waals surface area (Å²) in [5, 5.41) is 6.80. The number of nitrogens with zero attached hydrogens (tertiary/aromatic N) is 2. The van der Waals surface area contributed by atoms with Crippen LogP contribution in [0, 0.1) is 13.8 Å². The second kappa shape index (κ2) is 6.77. The van der Waals surface area contributed by atoms with E-state index in [9.17, 15) is 18.0 Å². The van der Waals surface area contributed by atoms with E-state index >= 15 is 0 Å². The molecular formula is C16H16F3N3O2. The molecule has 0 aliphatic heterocycles. The number of rotatable bonds is 4. The minimum absolute atomic E-state index is 0.349. The fraction of sp³-hybridized carbons (Fsp3) is 0.250. The van der Waals surface area contributed by atoms with Gasteiger partial charge in [0.15, 0.2) is 0 Å². The second-order valence-electron chi connectivity index (χ2n) is 5.10. The summed E-state index contributed by atoms with van der Waals surface area (Å²) in [6.45, 7) is 3.72. The topological polar surface area (TPSA) is 56.2 Å². The average Bonchev–Trinajstić information content (AvgIpc) is 2.71. The number of nitrogens with one attached hydrogen (secondary N) is 1. The number of carbonyl (C=O) groups excluding carboxylic acids is 1. The van der Waals surface area contributed by atoms with E-state index < -0.39 is 12.3 Å². The van der Waals surface area contributed by atoms with Gasteiger partial charge >= 0.3 is 6.36 Å². The number of halogens is 3. The van der Waals surface area contributed by atoms with Gasteiger partial charge in [-0.15, -0.1) is 13.2 Å². The first-order chi connectivity index (χ1) is 11.2. The van der Waals surface area contributed by atoms with E-state index in [1.165, 1.54) is 18.2 Å². The molecule has 0 saturated carbocycles. The van der Waals surface area contributed by atoms with Crippen molar-refractivity contribution in [2.24, 2.45) is 7.05 Å². The fourth-order valence-corrected chi connectivity index (χ4v) is 2.11. The summed E-state index contributed by atoms with van der Waals surface area (Å²) in [6, 6.07) is 4.91. The number of ether oxygens (including phenoxy) is 1. The van der Waals surface area contributed by atoms with Gasteiger partial charge < -0.3 is 10.1 Å². The number of alkyl halides is 3. The average molecular weight is 339 g/mol. The number of anilines is 1. The molecule has 0 atom stereocenters. The van der Waals surface area contributed by atoms with Gasteiger partial charge in [-0.05, 0) is 44.2 Å². The van der Waals surface area contributed by atoms with Crippen molar-refractivity contribution in [1.29, 1.82) is 0 Å². The lowest BCUT2D eigenvalue weighted by atomic mass is 10.2. The molecular weight excluding hydrogens is 323 g/mol. The summed E-state index contributed by atoms with van der Waals surface area (Å²) in [4.78, 5) is 11.9. The Balaban J connectivity index is 2.01. The summed E-state index contributed by atoms with van der Waals surface area (Å²) >= 11 is 0. The van der Waals surface area contributed by atoms with Crippen LogP contribution in [-0.4, -0.2) is 22.1 Å². The van der Waals surface area contributed by atoms with Gasteiger partial charge in [-0.25, -0.2) is 0 Å². The highest BCUT2D eigenvalue weighted by Gasteiger charge is 2.30. The minimum atomic E-state index is -4.74. The zero-order valence-electron chi connectivity index (χ0n) is 13.3. The van der Waals surface area contributed by atoms with Gasteiger partial charge in [-0.2, -0.15) is 5.10 Å². The Kier molecular flexibility index (Phi) is 4.96. The van der Waals surface area contributed by atoms with Crippen molar-refractivity contribution in [1.82, 2.24) is 9.78 Å². The maximum atomic E-state index is 12.1. The standard InChI is InChI=1S/C16H16F3N3O2/c1-10-14(11(2)22(3)21-10)8-9-15(23)20-12-4-6-13(7-5-12)24-16(17,18)19/h4-9H,1-3H3,(H,20,23)/b9-8+. The highest BCUT2D eigenvalue weighted by atomic mass is 19.4. The molecule has 5 nitrogen and oxygen atoms in total. The molecule has 0 fully saturated rings.